The second-order valence-electron chi connectivity index (χ2n) is 4.53. The minimum Gasteiger partial charge on any atom is -0.496 e. The number of Topliss-reactive ketones (excluding diaryl/α,β-unsaturated/α-hetero) is 1. The van der Waals surface area contributed by atoms with Gasteiger partial charge >= 0.3 is 0 Å². The Morgan fingerprint density at radius 2 is 2.12 bits per heavy atom. The Morgan fingerprint density at radius 1 is 1.41 bits per heavy atom. The maximum atomic E-state index is 13.6. The number of hydrogen-bond donors (Lipinski definition) is 0. The molecule has 2 nitrogen and oxygen atoms in total. The SMILES string of the molecule is COc1cccc(F)c1C(=O)CCCC(C)C. The van der Waals surface area contributed by atoms with E-state index in [1.54, 1.807) is 12.1 Å². The molecule has 0 aliphatic rings. The van der Waals surface area contributed by atoms with Crippen LogP contribution in [-0.2, 0) is 0 Å². The van der Waals surface area contributed by atoms with E-state index in [4.69, 9.17) is 4.74 Å². The zero-order valence-electron chi connectivity index (χ0n) is 10.6. The van der Waals surface area contributed by atoms with Gasteiger partial charge in [0.2, 0.25) is 0 Å². The van der Waals surface area contributed by atoms with Crippen molar-refractivity contribution in [1.82, 2.24) is 0 Å². The molecule has 0 atom stereocenters. The van der Waals surface area contributed by atoms with Crippen LogP contribution in [0.5, 0.6) is 5.75 Å². The summed E-state index contributed by atoms with van der Waals surface area (Å²) in [6.07, 6.45) is 2.13. The van der Waals surface area contributed by atoms with Crippen LogP contribution in [0.15, 0.2) is 18.2 Å². The number of carbonyl (C=O) groups excluding carboxylic acids is 1. The zero-order chi connectivity index (χ0) is 12.8. The molecule has 0 aliphatic heterocycles. The second kappa shape index (κ2) is 6.38. The molecule has 0 aliphatic carbocycles. The standard InChI is InChI=1S/C14H19FO2/c1-10(2)6-4-8-12(16)14-11(15)7-5-9-13(14)17-3/h5,7,9-10H,4,6,8H2,1-3H3. The smallest absolute Gasteiger partial charge is 0.169 e. The van der Waals surface area contributed by atoms with E-state index >= 15 is 0 Å². The highest BCUT2D eigenvalue weighted by molar-refractivity contribution is 5.98. The van der Waals surface area contributed by atoms with Crippen molar-refractivity contribution in [3.05, 3.63) is 29.6 Å². The topological polar surface area (TPSA) is 26.3 Å². The zero-order valence-corrected chi connectivity index (χ0v) is 10.6. The molecule has 17 heavy (non-hydrogen) atoms. The highest BCUT2D eigenvalue weighted by Gasteiger charge is 2.16. The highest BCUT2D eigenvalue weighted by atomic mass is 19.1. The van der Waals surface area contributed by atoms with Gasteiger partial charge in [-0.25, -0.2) is 4.39 Å². The van der Waals surface area contributed by atoms with Crippen LogP contribution >= 0.6 is 0 Å². The Hall–Kier alpha value is -1.38. The van der Waals surface area contributed by atoms with Crippen LogP contribution in [0.2, 0.25) is 0 Å². The van der Waals surface area contributed by atoms with Crippen LogP contribution in [0.4, 0.5) is 4.39 Å². The molecule has 0 unspecified atom stereocenters. The summed E-state index contributed by atoms with van der Waals surface area (Å²) >= 11 is 0. The van der Waals surface area contributed by atoms with Gasteiger partial charge in [0.25, 0.3) is 0 Å². The van der Waals surface area contributed by atoms with Crippen molar-refractivity contribution in [2.24, 2.45) is 5.92 Å². The molecule has 3 heteroatoms. The number of methoxy groups -OCH3 is 1. The fourth-order valence-corrected chi connectivity index (χ4v) is 1.74. The Balaban J connectivity index is 2.74. The Labute approximate surface area is 102 Å². The summed E-state index contributed by atoms with van der Waals surface area (Å²) in [6, 6.07) is 4.44. The number of ether oxygens (including phenoxy) is 1. The van der Waals surface area contributed by atoms with E-state index in [9.17, 15) is 9.18 Å². The predicted octanol–water partition coefficient (Wildman–Crippen LogP) is 3.84. The minimum atomic E-state index is -0.501. The van der Waals surface area contributed by atoms with E-state index in [-0.39, 0.29) is 11.3 Å². The quantitative estimate of drug-likeness (QED) is 0.704. The number of ketones is 1. The molecule has 94 valence electrons. The third-order valence-corrected chi connectivity index (χ3v) is 2.66. The van der Waals surface area contributed by atoms with E-state index in [1.807, 2.05) is 0 Å². The molecule has 0 fully saturated rings. The molecular formula is C14H19FO2. The van der Waals surface area contributed by atoms with Crippen molar-refractivity contribution in [3.63, 3.8) is 0 Å². The Bertz CT molecular complexity index is 386. The highest BCUT2D eigenvalue weighted by Crippen LogP contribution is 2.23. The van der Waals surface area contributed by atoms with Gasteiger partial charge in [-0.3, -0.25) is 4.79 Å². The largest absolute Gasteiger partial charge is 0.496 e. The first kappa shape index (κ1) is 13.7. The molecule has 0 spiro atoms. The molecule has 0 aromatic heterocycles. The van der Waals surface area contributed by atoms with Gasteiger partial charge in [-0.1, -0.05) is 26.3 Å². The fourth-order valence-electron chi connectivity index (χ4n) is 1.74. The summed E-state index contributed by atoms with van der Waals surface area (Å²) < 4.78 is 18.6. The second-order valence-corrected chi connectivity index (χ2v) is 4.53. The summed E-state index contributed by atoms with van der Waals surface area (Å²) in [7, 11) is 1.44. The van der Waals surface area contributed by atoms with Crippen molar-refractivity contribution in [2.75, 3.05) is 7.11 Å². The van der Waals surface area contributed by atoms with E-state index in [1.165, 1.54) is 13.2 Å². The summed E-state index contributed by atoms with van der Waals surface area (Å²) in [5.74, 6) is 0.198. The van der Waals surface area contributed by atoms with Crippen LogP contribution in [-0.4, -0.2) is 12.9 Å². The van der Waals surface area contributed by atoms with Crippen LogP contribution in [0.25, 0.3) is 0 Å². The molecule has 1 aromatic carbocycles. The lowest BCUT2D eigenvalue weighted by Gasteiger charge is -2.09. The normalized spacial score (nSPS) is 10.6. The van der Waals surface area contributed by atoms with Crippen molar-refractivity contribution in [1.29, 1.82) is 0 Å². The molecule has 0 heterocycles. The third kappa shape index (κ3) is 3.84. The maximum absolute atomic E-state index is 13.6. The van der Waals surface area contributed by atoms with Gasteiger partial charge in [0.15, 0.2) is 5.78 Å². The van der Waals surface area contributed by atoms with Gasteiger partial charge in [-0.2, -0.15) is 0 Å². The number of carbonyl (C=O) groups is 1. The summed E-state index contributed by atoms with van der Waals surface area (Å²) in [6.45, 7) is 4.21. The Morgan fingerprint density at radius 3 is 2.71 bits per heavy atom. The number of halogens is 1. The number of hydrogen-bond acceptors (Lipinski definition) is 2. The van der Waals surface area contributed by atoms with Gasteiger partial charge in [0.1, 0.15) is 11.6 Å². The van der Waals surface area contributed by atoms with E-state index in [2.05, 4.69) is 13.8 Å². The molecule has 0 saturated carbocycles. The van der Waals surface area contributed by atoms with Crippen LogP contribution in [0.1, 0.15) is 43.5 Å². The van der Waals surface area contributed by atoms with Crippen molar-refractivity contribution >= 4 is 5.78 Å². The van der Waals surface area contributed by atoms with Gasteiger partial charge in [-0.15, -0.1) is 0 Å². The first-order valence-corrected chi connectivity index (χ1v) is 5.92. The summed E-state index contributed by atoms with van der Waals surface area (Å²) in [5, 5.41) is 0. The first-order valence-electron chi connectivity index (χ1n) is 5.92. The maximum Gasteiger partial charge on any atom is 0.169 e. The lowest BCUT2D eigenvalue weighted by Crippen LogP contribution is -2.05. The molecule has 1 rings (SSSR count). The van der Waals surface area contributed by atoms with Gasteiger partial charge in [0, 0.05) is 6.42 Å². The van der Waals surface area contributed by atoms with Crippen LogP contribution in [0, 0.1) is 11.7 Å². The monoisotopic (exact) mass is 238 g/mol. The summed E-state index contributed by atoms with van der Waals surface area (Å²) in [5.41, 5.74) is 0.0822. The lowest BCUT2D eigenvalue weighted by atomic mass is 10.0. The molecule has 0 N–H and O–H groups in total. The molecular weight excluding hydrogens is 219 g/mol. The molecule has 0 saturated heterocycles. The van der Waals surface area contributed by atoms with Gasteiger partial charge in [0.05, 0.1) is 12.7 Å². The molecule has 0 bridgehead atoms. The van der Waals surface area contributed by atoms with Crippen molar-refractivity contribution in [2.45, 2.75) is 33.1 Å². The Kier molecular flexibility index (Phi) is 5.13. The molecule has 1 aromatic rings. The van der Waals surface area contributed by atoms with E-state index in [0.717, 1.165) is 12.8 Å². The average Bonchev–Trinajstić information content (AvgIpc) is 2.27. The first-order chi connectivity index (χ1) is 8.06. The predicted molar refractivity (Wildman–Crippen MR) is 66.0 cm³/mol. The van der Waals surface area contributed by atoms with Crippen LogP contribution in [0.3, 0.4) is 0 Å². The van der Waals surface area contributed by atoms with E-state index < -0.39 is 5.82 Å². The van der Waals surface area contributed by atoms with Crippen molar-refractivity contribution < 1.29 is 13.9 Å². The average molecular weight is 238 g/mol. The molecule has 0 amide bonds. The number of benzene rings is 1. The van der Waals surface area contributed by atoms with Crippen molar-refractivity contribution in [3.8, 4) is 5.75 Å². The lowest BCUT2D eigenvalue weighted by molar-refractivity contribution is 0.0971. The van der Waals surface area contributed by atoms with E-state index in [0.29, 0.717) is 18.1 Å². The summed E-state index contributed by atoms with van der Waals surface area (Å²) in [4.78, 5) is 11.9. The van der Waals surface area contributed by atoms with Gasteiger partial charge in [-0.05, 0) is 24.5 Å². The third-order valence-electron chi connectivity index (χ3n) is 2.66. The van der Waals surface area contributed by atoms with Crippen LogP contribution < -0.4 is 4.74 Å². The molecule has 0 radical (unpaired) electrons. The number of rotatable bonds is 6. The van der Waals surface area contributed by atoms with Gasteiger partial charge < -0.3 is 4.74 Å². The fraction of sp³-hybridized carbons (Fsp3) is 0.500. The minimum absolute atomic E-state index is 0.0822.